The number of hydrogen-bond acceptors (Lipinski definition) is 4. The molecule has 0 amide bonds. The number of hydrogen-bond donors (Lipinski definition) is 0. The molecule has 0 N–H and O–H groups in total. The lowest BCUT2D eigenvalue weighted by molar-refractivity contribution is 0.589. The fourth-order valence-electron chi connectivity index (χ4n) is 14.6. The van der Waals surface area contributed by atoms with Crippen LogP contribution in [0.4, 0.5) is 0 Å². The molecule has 4 nitrogen and oxygen atoms in total. The first-order chi connectivity index (χ1) is 56.7. The van der Waals surface area contributed by atoms with Crippen LogP contribution in [0, 0.1) is 87.0 Å². The zero-order valence-corrected chi connectivity index (χ0v) is 76.8. The fourth-order valence-corrected chi connectivity index (χ4v) is 14.6. The van der Waals surface area contributed by atoms with Crippen molar-refractivity contribution in [1.82, 2.24) is 19.9 Å². The van der Waals surface area contributed by atoms with E-state index in [1.54, 1.807) is 12.4 Å². The molecule has 0 radical (unpaired) electrons. The Morgan fingerprint density at radius 2 is 0.647 bits per heavy atom. The van der Waals surface area contributed by atoms with E-state index < -0.39 is 0 Å². The first-order valence-corrected chi connectivity index (χ1v) is 43.2. The molecule has 0 aliphatic heterocycles. The standard InChI is InChI=1S/C19H24.2C17H14N2.C16H18.C13H20.3C11H16/c1-13(2)18-11-17(16-9-7-6-8-10-16)12-19(14(3)4)15(18)5;1-13-10-16(14-2-6-18-7-3-14)12-17(11-13)15-4-8-19-9-5-15;1-13-8-16(14-4-2-6-18-11-14)10-17(9-13)15-5-3-7-19-12-15;1-12(2)15-10-7-11-16(13(15)3)14-8-5-4-6-9-14;1-9-7-12(13(4,5)6)8-10(2)11(9)3;1-9(2)8-11-6-4-10(3)5-7-11;1-9(2)7-11-6-4-5-10(3)8-11;1-9(2)8-11-7-5-4-6-10(11)3/h6-14H,1-5H3;2*2-12H,1H3;4-12H,1-3H3;7-8H,1-6H3;4-7,9H,8H2,1-3H3;4-6,8-9H,7H2,1-3H3;4-7,9H,8H2,1-3H3. The van der Waals surface area contributed by atoms with E-state index in [1.165, 1.54) is 169 Å². The van der Waals surface area contributed by atoms with E-state index in [2.05, 4.69) is 417 Å². The summed E-state index contributed by atoms with van der Waals surface area (Å²) in [5, 5.41) is 0. The zero-order valence-electron chi connectivity index (χ0n) is 76.8. The van der Waals surface area contributed by atoms with Crippen LogP contribution in [-0.4, -0.2) is 19.9 Å². The molecule has 0 atom stereocenters. The highest BCUT2D eigenvalue weighted by atomic mass is 14.6. The lowest BCUT2D eigenvalue weighted by Crippen LogP contribution is -2.12. The Bertz CT molecular complexity index is 4990. The number of rotatable bonds is 15. The van der Waals surface area contributed by atoms with E-state index >= 15 is 0 Å². The molecule has 14 rings (SSSR count). The van der Waals surface area contributed by atoms with Gasteiger partial charge in [-0.3, -0.25) is 19.9 Å². The maximum absolute atomic E-state index is 4.18. The van der Waals surface area contributed by atoms with Crippen LogP contribution in [0.3, 0.4) is 0 Å². The summed E-state index contributed by atoms with van der Waals surface area (Å²) in [5.41, 5.74) is 39.0. The number of benzene rings is 10. The second kappa shape index (κ2) is 48.0. The second-order valence-corrected chi connectivity index (χ2v) is 35.3. The molecule has 618 valence electrons. The van der Waals surface area contributed by atoms with Gasteiger partial charge in [-0.1, -0.05) is 327 Å². The van der Waals surface area contributed by atoms with Gasteiger partial charge in [-0.25, -0.2) is 0 Å². The summed E-state index contributed by atoms with van der Waals surface area (Å²) in [6.07, 6.45) is 18.3. The summed E-state index contributed by atoms with van der Waals surface area (Å²) >= 11 is 0. The van der Waals surface area contributed by atoms with Gasteiger partial charge in [-0.2, -0.15) is 0 Å². The van der Waals surface area contributed by atoms with Gasteiger partial charge >= 0.3 is 0 Å². The first kappa shape index (κ1) is 94.9. The van der Waals surface area contributed by atoms with Crippen molar-refractivity contribution in [3.63, 3.8) is 0 Å². The largest absolute Gasteiger partial charge is 0.265 e. The number of aryl methyl sites for hydroxylation is 7. The molecule has 4 heterocycles. The van der Waals surface area contributed by atoms with Gasteiger partial charge in [-0.05, 0) is 317 Å². The predicted octanol–water partition coefficient (Wildman–Crippen LogP) is 32.4. The van der Waals surface area contributed by atoms with Crippen LogP contribution < -0.4 is 0 Å². The molecule has 4 aromatic heterocycles. The minimum atomic E-state index is 0.267. The van der Waals surface area contributed by atoms with Gasteiger partial charge in [0.05, 0.1) is 0 Å². The molecule has 0 spiro atoms. The van der Waals surface area contributed by atoms with Gasteiger partial charge in [0.2, 0.25) is 0 Å². The van der Waals surface area contributed by atoms with Gasteiger partial charge in [0, 0.05) is 60.7 Å². The molecule has 0 saturated heterocycles. The molecule has 0 saturated carbocycles. The van der Waals surface area contributed by atoms with Crippen molar-refractivity contribution in [2.75, 3.05) is 0 Å². The molecular weight excluding hydrogens is 1440 g/mol. The van der Waals surface area contributed by atoms with Crippen molar-refractivity contribution in [3.8, 4) is 66.8 Å². The Balaban J connectivity index is 0.000000190. The van der Waals surface area contributed by atoms with E-state index in [4.69, 9.17) is 0 Å². The van der Waals surface area contributed by atoms with Crippen LogP contribution in [0.15, 0.2) is 310 Å². The molecule has 10 aromatic carbocycles. The van der Waals surface area contributed by atoms with Crippen molar-refractivity contribution in [2.24, 2.45) is 17.8 Å². The lowest BCUT2D eigenvalue weighted by Gasteiger charge is -2.21. The quantitative estimate of drug-likeness (QED) is 0.103. The Morgan fingerprint density at radius 3 is 1.07 bits per heavy atom. The number of nitrogens with zero attached hydrogens (tertiary/aromatic N) is 4. The van der Waals surface area contributed by atoms with Crippen molar-refractivity contribution in [1.29, 1.82) is 0 Å². The third-order valence-corrected chi connectivity index (χ3v) is 21.3. The average Bonchev–Trinajstić information content (AvgIpc) is 0.784. The molecule has 4 heteroatoms. The fraction of sp³-hybridized carbons (Fsp3) is 0.304. The molecule has 0 aliphatic rings. The minimum Gasteiger partial charge on any atom is -0.265 e. The SMILES string of the molecule is Cc1c(-c2ccccc2)cccc1C(C)C.Cc1c(C(C)C)cc(-c2ccccc2)cc1C(C)C.Cc1cc(-c2cccnc2)cc(-c2cccnc2)c1.Cc1cc(-c2ccncc2)cc(-c2ccncc2)c1.Cc1cc(C(C)(C)C)cc(C)c1C.Cc1ccc(CC(C)C)cc1.Cc1cccc(CC(C)C)c1.Cc1ccccc1CC(C)C. The number of aromatic nitrogens is 4. The van der Waals surface area contributed by atoms with Crippen LogP contribution in [0.2, 0.25) is 0 Å². The molecule has 0 unspecified atom stereocenters. The molecular formula is C115H138N4. The second-order valence-electron chi connectivity index (χ2n) is 35.3. The molecule has 119 heavy (non-hydrogen) atoms. The van der Waals surface area contributed by atoms with Crippen LogP contribution >= 0.6 is 0 Å². The Hall–Kier alpha value is -11.2. The van der Waals surface area contributed by atoms with E-state index in [9.17, 15) is 0 Å². The van der Waals surface area contributed by atoms with Crippen molar-refractivity contribution >= 4 is 0 Å². The molecule has 0 bridgehead atoms. The van der Waals surface area contributed by atoms with E-state index in [0.29, 0.717) is 17.8 Å². The third kappa shape index (κ3) is 31.9. The average molecular weight is 1580 g/mol. The Labute approximate surface area is 720 Å². The van der Waals surface area contributed by atoms with Crippen molar-refractivity contribution in [3.05, 3.63) is 405 Å². The maximum atomic E-state index is 4.18. The van der Waals surface area contributed by atoms with Gasteiger partial charge in [0.15, 0.2) is 0 Å². The predicted molar refractivity (Wildman–Crippen MR) is 519 cm³/mol. The third-order valence-electron chi connectivity index (χ3n) is 21.3. The summed E-state index contributed by atoms with van der Waals surface area (Å²) in [6.45, 7) is 55.6. The lowest BCUT2D eigenvalue weighted by atomic mass is 9.84. The monoisotopic (exact) mass is 1580 g/mol. The smallest absolute Gasteiger partial charge is 0.0346 e. The molecule has 0 fully saturated rings. The first-order valence-electron chi connectivity index (χ1n) is 43.2. The van der Waals surface area contributed by atoms with Gasteiger partial charge in [0.25, 0.3) is 0 Å². The summed E-state index contributed by atoms with van der Waals surface area (Å²) in [7, 11) is 0. The number of pyridine rings is 4. The van der Waals surface area contributed by atoms with Crippen molar-refractivity contribution < 1.29 is 0 Å². The van der Waals surface area contributed by atoms with E-state index in [1.807, 2.05) is 73.6 Å². The van der Waals surface area contributed by atoms with Gasteiger partial charge in [0.1, 0.15) is 0 Å². The highest BCUT2D eigenvalue weighted by molar-refractivity contribution is 5.75. The highest BCUT2D eigenvalue weighted by Crippen LogP contribution is 2.35. The summed E-state index contributed by atoms with van der Waals surface area (Å²) < 4.78 is 0. The van der Waals surface area contributed by atoms with Crippen LogP contribution in [0.25, 0.3) is 66.8 Å². The maximum Gasteiger partial charge on any atom is 0.0346 e. The van der Waals surface area contributed by atoms with Crippen LogP contribution in [-0.2, 0) is 24.7 Å². The molecule has 14 aromatic rings. The zero-order chi connectivity index (χ0) is 86.7. The highest BCUT2D eigenvalue weighted by Gasteiger charge is 2.17. The topological polar surface area (TPSA) is 51.6 Å². The van der Waals surface area contributed by atoms with Gasteiger partial charge < -0.3 is 0 Å². The van der Waals surface area contributed by atoms with Gasteiger partial charge in [-0.15, -0.1) is 0 Å². The van der Waals surface area contributed by atoms with Crippen LogP contribution in [0.5, 0.6) is 0 Å². The van der Waals surface area contributed by atoms with E-state index in [-0.39, 0.29) is 5.41 Å². The summed E-state index contributed by atoms with van der Waals surface area (Å²) in [6, 6.07) is 92.7. The summed E-state index contributed by atoms with van der Waals surface area (Å²) in [5.74, 6) is 4.01. The Kier molecular flexibility index (Phi) is 38.3. The van der Waals surface area contributed by atoms with Crippen LogP contribution in [0.1, 0.15) is 216 Å². The van der Waals surface area contributed by atoms with E-state index in [0.717, 1.165) is 28.9 Å². The minimum absolute atomic E-state index is 0.267. The molecule has 0 aliphatic carbocycles. The summed E-state index contributed by atoms with van der Waals surface area (Å²) in [4.78, 5) is 16.5. The Morgan fingerprint density at radius 1 is 0.244 bits per heavy atom. The van der Waals surface area contributed by atoms with Crippen molar-refractivity contribution in [2.45, 2.75) is 216 Å². The normalized spacial score (nSPS) is 10.8.